The third-order valence-corrected chi connectivity index (χ3v) is 2.90. The SMILES string of the molecule is CCOC(=O)c1c(SC(C)C)nc(=O)[nH]c1C. The van der Waals surface area contributed by atoms with E-state index in [9.17, 15) is 9.59 Å². The summed E-state index contributed by atoms with van der Waals surface area (Å²) >= 11 is 1.38. The summed E-state index contributed by atoms with van der Waals surface area (Å²) in [6.07, 6.45) is 0. The summed E-state index contributed by atoms with van der Waals surface area (Å²) in [4.78, 5) is 29.4. The van der Waals surface area contributed by atoms with E-state index in [1.54, 1.807) is 13.8 Å². The van der Waals surface area contributed by atoms with Crippen LogP contribution < -0.4 is 5.69 Å². The molecule has 5 nitrogen and oxygen atoms in total. The summed E-state index contributed by atoms with van der Waals surface area (Å²) in [6, 6.07) is 0. The van der Waals surface area contributed by atoms with Crippen LogP contribution in [-0.4, -0.2) is 27.8 Å². The van der Waals surface area contributed by atoms with E-state index in [1.807, 2.05) is 13.8 Å². The molecule has 0 aliphatic carbocycles. The van der Waals surface area contributed by atoms with Crippen molar-refractivity contribution in [2.75, 3.05) is 6.61 Å². The average Bonchev–Trinajstić information content (AvgIpc) is 2.15. The van der Waals surface area contributed by atoms with Gasteiger partial charge in [0.1, 0.15) is 10.6 Å². The molecule has 1 heterocycles. The molecule has 0 aromatic carbocycles. The lowest BCUT2D eigenvalue weighted by Gasteiger charge is -2.11. The van der Waals surface area contributed by atoms with E-state index in [2.05, 4.69) is 9.97 Å². The lowest BCUT2D eigenvalue weighted by atomic mass is 10.2. The Bertz CT molecular complexity index is 468. The maximum atomic E-state index is 11.8. The van der Waals surface area contributed by atoms with E-state index in [-0.39, 0.29) is 5.25 Å². The summed E-state index contributed by atoms with van der Waals surface area (Å²) in [6.45, 7) is 7.64. The zero-order valence-corrected chi connectivity index (χ0v) is 11.2. The summed E-state index contributed by atoms with van der Waals surface area (Å²) in [5.41, 5.74) is 0.399. The van der Waals surface area contributed by atoms with Crippen LogP contribution in [0.1, 0.15) is 36.8 Å². The molecule has 0 bridgehead atoms. The predicted octanol–water partition coefficient (Wildman–Crippen LogP) is 1.76. The van der Waals surface area contributed by atoms with Gasteiger partial charge in [0.25, 0.3) is 0 Å². The molecule has 0 saturated heterocycles. The van der Waals surface area contributed by atoms with Gasteiger partial charge < -0.3 is 9.72 Å². The third kappa shape index (κ3) is 3.59. The Morgan fingerprint density at radius 3 is 2.71 bits per heavy atom. The van der Waals surface area contributed by atoms with Gasteiger partial charge in [-0.05, 0) is 13.8 Å². The smallest absolute Gasteiger partial charge is 0.346 e. The molecule has 0 radical (unpaired) electrons. The standard InChI is InChI=1S/C11H16N2O3S/c1-5-16-10(14)8-7(4)12-11(15)13-9(8)17-6(2)3/h6H,5H2,1-4H3,(H,12,13,15). The first-order chi connectivity index (χ1) is 7.95. The molecular formula is C11H16N2O3S. The number of aromatic nitrogens is 2. The number of hydrogen-bond acceptors (Lipinski definition) is 5. The Morgan fingerprint density at radius 2 is 2.18 bits per heavy atom. The van der Waals surface area contributed by atoms with Gasteiger partial charge in [-0.1, -0.05) is 13.8 Å². The van der Waals surface area contributed by atoms with E-state index in [0.717, 1.165) is 0 Å². The summed E-state index contributed by atoms with van der Waals surface area (Å²) in [5, 5.41) is 0.663. The first kappa shape index (κ1) is 13.8. The minimum absolute atomic E-state index is 0.233. The number of aryl methyl sites for hydroxylation is 1. The lowest BCUT2D eigenvalue weighted by Crippen LogP contribution is -2.20. The van der Waals surface area contributed by atoms with Crippen molar-refractivity contribution in [3.63, 3.8) is 0 Å². The van der Waals surface area contributed by atoms with E-state index >= 15 is 0 Å². The molecule has 1 rings (SSSR count). The highest BCUT2D eigenvalue weighted by Crippen LogP contribution is 2.25. The van der Waals surface area contributed by atoms with Crippen molar-refractivity contribution in [3.05, 3.63) is 21.7 Å². The van der Waals surface area contributed by atoms with Crippen molar-refractivity contribution in [1.29, 1.82) is 0 Å². The first-order valence-electron chi connectivity index (χ1n) is 5.40. The molecular weight excluding hydrogens is 240 g/mol. The second-order valence-electron chi connectivity index (χ2n) is 3.73. The second kappa shape index (κ2) is 5.86. The highest BCUT2D eigenvalue weighted by molar-refractivity contribution is 7.99. The van der Waals surface area contributed by atoms with E-state index in [1.165, 1.54) is 11.8 Å². The molecule has 0 aliphatic rings. The largest absolute Gasteiger partial charge is 0.462 e. The molecule has 6 heteroatoms. The number of thioether (sulfide) groups is 1. The minimum atomic E-state index is -0.447. The van der Waals surface area contributed by atoms with Gasteiger partial charge in [0.2, 0.25) is 0 Å². The summed E-state index contributed by atoms with van der Waals surface area (Å²) in [5.74, 6) is -0.447. The molecule has 0 fully saturated rings. The van der Waals surface area contributed by atoms with Crippen LogP contribution in [0.2, 0.25) is 0 Å². The van der Waals surface area contributed by atoms with Crippen molar-refractivity contribution in [1.82, 2.24) is 9.97 Å². The maximum absolute atomic E-state index is 11.8. The van der Waals surface area contributed by atoms with Crippen molar-refractivity contribution in [2.45, 2.75) is 38.0 Å². The highest BCUT2D eigenvalue weighted by atomic mass is 32.2. The van der Waals surface area contributed by atoms with Crippen LogP contribution in [0.4, 0.5) is 0 Å². The number of hydrogen-bond donors (Lipinski definition) is 1. The van der Waals surface area contributed by atoms with Gasteiger partial charge in [0.05, 0.1) is 6.61 Å². The molecule has 94 valence electrons. The normalized spacial score (nSPS) is 10.6. The Morgan fingerprint density at radius 1 is 1.53 bits per heavy atom. The van der Waals surface area contributed by atoms with Gasteiger partial charge in [-0.25, -0.2) is 9.59 Å². The molecule has 1 N–H and O–H groups in total. The van der Waals surface area contributed by atoms with Crippen molar-refractivity contribution < 1.29 is 9.53 Å². The summed E-state index contributed by atoms with van der Waals surface area (Å²) in [7, 11) is 0. The van der Waals surface area contributed by atoms with Crippen molar-refractivity contribution in [3.8, 4) is 0 Å². The van der Waals surface area contributed by atoms with E-state index in [0.29, 0.717) is 22.9 Å². The Balaban J connectivity index is 3.24. The second-order valence-corrected chi connectivity index (χ2v) is 5.30. The van der Waals surface area contributed by atoms with Crippen molar-refractivity contribution >= 4 is 17.7 Å². The van der Waals surface area contributed by atoms with Gasteiger partial charge in [-0.15, -0.1) is 11.8 Å². The topological polar surface area (TPSA) is 72.0 Å². The third-order valence-electron chi connectivity index (χ3n) is 1.91. The Kier molecular flexibility index (Phi) is 4.74. The number of rotatable bonds is 4. The predicted molar refractivity (Wildman–Crippen MR) is 66.5 cm³/mol. The number of H-pyrrole nitrogens is 1. The van der Waals surface area contributed by atoms with Crippen LogP contribution in [0.3, 0.4) is 0 Å². The Labute approximate surface area is 104 Å². The average molecular weight is 256 g/mol. The number of carbonyl (C=O) groups is 1. The summed E-state index contributed by atoms with van der Waals surface area (Å²) < 4.78 is 4.96. The van der Waals surface area contributed by atoms with Gasteiger partial charge in [0, 0.05) is 10.9 Å². The van der Waals surface area contributed by atoms with E-state index < -0.39 is 11.7 Å². The van der Waals surface area contributed by atoms with E-state index in [4.69, 9.17) is 4.74 Å². The monoisotopic (exact) mass is 256 g/mol. The molecule has 0 saturated carbocycles. The fourth-order valence-corrected chi connectivity index (χ4v) is 2.25. The van der Waals surface area contributed by atoms with Crippen LogP contribution in [0.5, 0.6) is 0 Å². The molecule has 17 heavy (non-hydrogen) atoms. The lowest BCUT2D eigenvalue weighted by molar-refractivity contribution is 0.0519. The maximum Gasteiger partial charge on any atom is 0.346 e. The fourth-order valence-electron chi connectivity index (χ4n) is 1.31. The van der Waals surface area contributed by atoms with Crippen LogP contribution in [0.25, 0.3) is 0 Å². The Hall–Kier alpha value is -1.30. The zero-order valence-electron chi connectivity index (χ0n) is 10.4. The molecule has 1 aromatic rings. The quantitative estimate of drug-likeness (QED) is 0.505. The van der Waals surface area contributed by atoms with Crippen LogP contribution in [0.15, 0.2) is 9.82 Å². The minimum Gasteiger partial charge on any atom is -0.462 e. The van der Waals surface area contributed by atoms with Crippen molar-refractivity contribution in [2.24, 2.45) is 0 Å². The number of nitrogens with zero attached hydrogens (tertiary/aromatic N) is 1. The van der Waals surface area contributed by atoms with Crippen LogP contribution >= 0.6 is 11.8 Å². The highest BCUT2D eigenvalue weighted by Gasteiger charge is 2.19. The fraction of sp³-hybridized carbons (Fsp3) is 0.545. The number of nitrogens with one attached hydrogen (secondary N) is 1. The number of aromatic amines is 1. The molecule has 0 atom stereocenters. The first-order valence-corrected chi connectivity index (χ1v) is 6.28. The van der Waals surface area contributed by atoms with Gasteiger partial charge in [-0.2, -0.15) is 4.98 Å². The number of esters is 1. The van der Waals surface area contributed by atoms with Gasteiger partial charge in [-0.3, -0.25) is 0 Å². The van der Waals surface area contributed by atoms with Crippen LogP contribution in [0, 0.1) is 6.92 Å². The molecule has 0 aliphatic heterocycles. The molecule has 0 amide bonds. The zero-order chi connectivity index (χ0) is 13.0. The molecule has 0 spiro atoms. The van der Waals surface area contributed by atoms with Crippen LogP contribution in [-0.2, 0) is 4.74 Å². The van der Waals surface area contributed by atoms with Gasteiger partial charge >= 0.3 is 11.7 Å². The van der Waals surface area contributed by atoms with Gasteiger partial charge in [0.15, 0.2) is 0 Å². The molecule has 1 aromatic heterocycles. The number of ether oxygens (including phenoxy) is 1. The molecule has 0 unspecified atom stereocenters. The number of carbonyl (C=O) groups excluding carboxylic acids is 1.